The van der Waals surface area contributed by atoms with Gasteiger partial charge in [0.25, 0.3) is 0 Å². The number of halogens is 1. The highest BCUT2D eigenvalue weighted by Gasteiger charge is 2.17. The highest BCUT2D eigenvalue weighted by molar-refractivity contribution is 5.85. The van der Waals surface area contributed by atoms with E-state index in [2.05, 4.69) is 0 Å². The van der Waals surface area contributed by atoms with Crippen molar-refractivity contribution in [3.8, 4) is 0 Å². The van der Waals surface area contributed by atoms with E-state index >= 15 is 0 Å². The summed E-state index contributed by atoms with van der Waals surface area (Å²) in [5.41, 5.74) is 7.57. The molecule has 0 saturated heterocycles. The third kappa shape index (κ3) is 1.96. The molecule has 2 rings (SSSR count). The highest BCUT2D eigenvalue weighted by atomic mass is 35.5. The second-order valence-corrected chi connectivity index (χ2v) is 3.26. The Bertz CT molecular complexity index is 373. The molecule has 0 saturated carbocycles. The normalized spacial score (nSPS) is 17.3. The van der Waals surface area contributed by atoms with E-state index in [1.807, 2.05) is 36.4 Å². The number of carbonyl (C=O) groups is 1. The Balaban J connectivity index is 0.000000980. The van der Waals surface area contributed by atoms with E-state index in [0.717, 1.165) is 0 Å². The van der Waals surface area contributed by atoms with Crippen molar-refractivity contribution < 1.29 is 4.79 Å². The molecule has 1 unspecified atom stereocenters. The van der Waals surface area contributed by atoms with E-state index in [9.17, 15) is 4.79 Å². The summed E-state index contributed by atoms with van der Waals surface area (Å²) in [4.78, 5) is 10.8. The molecular formula is C11H12ClNO. The Labute approximate surface area is 89.2 Å². The summed E-state index contributed by atoms with van der Waals surface area (Å²) in [6, 6.07) is 8.07. The average Bonchev–Trinajstić information content (AvgIpc) is 2.48. The SMILES string of the molecule is Cl.NC(=O)CC1C=Cc2ccccc21. The smallest absolute Gasteiger partial charge is 0.218 e. The molecule has 2 N–H and O–H groups in total. The molecule has 1 atom stereocenters. The maximum absolute atomic E-state index is 10.8. The number of nitrogens with two attached hydrogens (primary N) is 1. The maximum Gasteiger partial charge on any atom is 0.218 e. The molecule has 0 aromatic heterocycles. The van der Waals surface area contributed by atoms with Crippen LogP contribution in [0.2, 0.25) is 0 Å². The lowest BCUT2D eigenvalue weighted by atomic mass is 9.97. The molecule has 1 aromatic carbocycles. The summed E-state index contributed by atoms with van der Waals surface area (Å²) in [5, 5.41) is 0. The Morgan fingerprint density at radius 2 is 2.07 bits per heavy atom. The van der Waals surface area contributed by atoms with Crippen molar-refractivity contribution in [2.75, 3.05) is 0 Å². The van der Waals surface area contributed by atoms with Gasteiger partial charge in [-0.15, -0.1) is 12.4 Å². The van der Waals surface area contributed by atoms with E-state index in [4.69, 9.17) is 5.73 Å². The molecule has 1 aliphatic rings. The third-order valence-corrected chi connectivity index (χ3v) is 2.32. The topological polar surface area (TPSA) is 43.1 Å². The zero-order valence-corrected chi connectivity index (χ0v) is 8.46. The number of rotatable bonds is 2. The average molecular weight is 210 g/mol. The van der Waals surface area contributed by atoms with Gasteiger partial charge in [-0.2, -0.15) is 0 Å². The number of hydrogen-bond donors (Lipinski definition) is 1. The fourth-order valence-electron chi connectivity index (χ4n) is 1.72. The summed E-state index contributed by atoms with van der Waals surface area (Å²) >= 11 is 0. The number of primary amides is 1. The molecule has 1 amide bonds. The quantitative estimate of drug-likeness (QED) is 0.797. The molecule has 2 nitrogen and oxygen atoms in total. The van der Waals surface area contributed by atoms with Crippen LogP contribution in [0.4, 0.5) is 0 Å². The molecule has 0 radical (unpaired) electrons. The van der Waals surface area contributed by atoms with Gasteiger partial charge in [0.15, 0.2) is 0 Å². The first-order chi connectivity index (χ1) is 6.27. The summed E-state index contributed by atoms with van der Waals surface area (Å²) in [6.45, 7) is 0. The van der Waals surface area contributed by atoms with Crippen LogP contribution in [0.1, 0.15) is 23.5 Å². The van der Waals surface area contributed by atoms with Gasteiger partial charge in [0.05, 0.1) is 0 Å². The minimum atomic E-state index is -0.244. The molecule has 0 heterocycles. The minimum Gasteiger partial charge on any atom is -0.370 e. The molecule has 0 fully saturated rings. The van der Waals surface area contributed by atoms with E-state index in [0.29, 0.717) is 6.42 Å². The van der Waals surface area contributed by atoms with Gasteiger partial charge in [0, 0.05) is 12.3 Å². The van der Waals surface area contributed by atoms with E-state index in [1.165, 1.54) is 11.1 Å². The van der Waals surface area contributed by atoms with Crippen LogP contribution in [0.3, 0.4) is 0 Å². The summed E-state index contributed by atoms with van der Waals surface area (Å²) in [7, 11) is 0. The van der Waals surface area contributed by atoms with Crippen molar-refractivity contribution in [1.29, 1.82) is 0 Å². The van der Waals surface area contributed by atoms with Crippen LogP contribution >= 0.6 is 12.4 Å². The predicted octanol–water partition coefficient (Wildman–Crippen LogP) is 2.09. The fraction of sp³-hybridized carbons (Fsp3) is 0.182. The lowest BCUT2D eigenvalue weighted by molar-refractivity contribution is -0.118. The second-order valence-electron chi connectivity index (χ2n) is 3.26. The van der Waals surface area contributed by atoms with Crippen LogP contribution in [0.5, 0.6) is 0 Å². The first kappa shape index (κ1) is 10.8. The van der Waals surface area contributed by atoms with Gasteiger partial charge in [-0.3, -0.25) is 4.79 Å². The largest absolute Gasteiger partial charge is 0.370 e. The lowest BCUT2D eigenvalue weighted by Gasteiger charge is -2.07. The molecule has 1 aliphatic carbocycles. The molecule has 74 valence electrons. The predicted molar refractivity (Wildman–Crippen MR) is 59.3 cm³/mol. The highest BCUT2D eigenvalue weighted by Crippen LogP contribution is 2.31. The standard InChI is InChI=1S/C11H11NO.ClH/c12-11(13)7-9-6-5-8-3-1-2-4-10(8)9;/h1-6,9H,7H2,(H2,12,13);1H. The molecule has 1 aromatic rings. The van der Waals surface area contributed by atoms with Crippen molar-refractivity contribution in [3.63, 3.8) is 0 Å². The fourth-order valence-corrected chi connectivity index (χ4v) is 1.72. The Morgan fingerprint density at radius 1 is 1.36 bits per heavy atom. The van der Waals surface area contributed by atoms with E-state index in [1.54, 1.807) is 0 Å². The summed E-state index contributed by atoms with van der Waals surface area (Å²) in [5.74, 6) is -0.0555. The van der Waals surface area contributed by atoms with Gasteiger partial charge in [-0.1, -0.05) is 36.4 Å². The van der Waals surface area contributed by atoms with Crippen molar-refractivity contribution in [2.45, 2.75) is 12.3 Å². The van der Waals surface area contributed by atoms with E-state index in [-0.39, 0.29) is 24.2 Å². The van der Waals surface area contributed by atoms with Gasteiger partial charge in [0.1, 0.15) is 0 Å². The first-order valence-corrected chi connectivity index (χ1v) is 4.33. The molecule has 0 bridgehead atoms. The number of hydrogen-bond acceptors (Lipinski definition) is 1. The number of benzene rings is 1. The van der Waals surface area contributed by atoms with Crippen LogP contribution in [0.15, 0.2) is 30.3 Å². The Kier molecular flexibility index (Phi) is 3.31. The Hall–Kier alpha value is -1.28. The molecular weight excluding hydrogens is 198 g/mol. The third-order valence-electron chi connectivity index (χ3n) is 2.32. The minimum absolute atomic E-state index is 0. The molecule has 3 heteroatoms. The van der Waals surface area contributed by atoms with Crippen LogP contribution in [0.25, 0.3) is 6.08 Å². The van der Waals surface area contributed by atoms with Crippen molar-refractivity contribution in [2.24, 2.45) is 5.73 Å². The van der Waals surface area contributed by atoms with Gasteiger partial charge in [-0.05, 0) is 11.1 Å². The van der Waals surface area contributed by atoms with Crippen molar-refractivity contribution in [3.05, 3.63) is 41.5 Å². The number of fused-ring (bicyclic) bond motifs is 1. The van der Waals surface area contributed by atoms with Gasteiger partial charge >= 0.3 is 0 Å². The van der Waals surface area contributed by atoms with Crippen molar-refractivity contribution in [1.82, 2.24) is 0 Å². The zero-order chi connectivity index (χ0) is 9.26. The Morgan fingerprint density at radius 3 is 2.79 bits per heavy atom. The maximum atomic E-state index is 10.8. The number of carbonyl (C=O) groups excluding carboxylic acids is 1. The monoisotopic (exact) mass is 209 g/mol. The first-order valence-electron chi connectivity index (χ1n) is 4.33. The zero-order valence-electron chi connectivity index (χ0n) is 7.64. The second kappa shape index (κ2) is 4.29. The van der Waals surface area contributed by atoms with Crippen LogP contribution in [0, 0.1) is 0 Å². The van der Waals surface area contributed by atoms with Crippen molar-refractivity contribution >= 4 is 24.4 Å². The van der Waals surface area contributed by atoms with Gasteiger partial charge in [0.2, 0.25) is 5.91 Å². The number of amides is 1. The van der Waals surface area contributed by atoms with E-state index < -0.39 is 0 Å². The van der Waals surface area contributed by atoms with Crippen LogP contribution < -0.4 is 5.73 Å². The summed E-state index contributed by atoms with van der Waals surface area (Å²) in [6.07, 6.45) is 4.49. The van der Waals surface area contributed by atoms with Gasteiger partial charge in [-0.25, -0.2) is 0 Å². The van der Waals surface area contributed by atoms with Gasteiger partial charge < -0.3 is 5.73 Å². The molecule has 0 spiro atoms. The number of allylic oxidation sites excluding steroid dienone is 1. The van der Waals surface area contributed by atoms with Crippen LogP contribution in [-0.2, 0) is 4.79 Å². The van der Waals surface area contributed by atoms with Crippen LogP contribution in [-0.4, -0.2) is 5.91 Å². The summed E-state index contributed by atoms with van der Waals surface area (Å²) < 4.78 is 0. The lowest BCUT2D eigenvalue weighted by Crippen LogP contribution is -2.13. The molecule has 0 aliphatic heterocycles. The molecule has 14 heavy (non-hydrogen) atoms.